The molecule has 0 aromatic rings. The third-order valence-electron chi connectivity index (χ3n) is 0.341. The standard InChI is InChI=1S/C3H4N3O2/c4-3(5)6-2(8)1-7/h(H4,4,5,6,8). The van der Waals surface area contributed by atoms with Gasteiger partial charge in [-0.25, -0.2) is 0 Å². The summed E-state index contributed by atoms with van der Waals surface area (Å²) in [5, 5.41) is 8.09. The van der Waals surface area contributed by atoms with E-state index in [1.165, 1.54) is 0 Å². The van der Waals surface area contributed by atoms with Crippen molar-refractivity contribution >= 4 is 18.2 Å². The monoisotopic (exact) mass is 114 g/mol. The van der Waals surface area contributed by atoms with Gasteiger partial charge in [0.15, 0.2) is 5.96 Å². The summed E-state index contributed by atoms with van der Waals surface area (Å²) in [6.45, 7) is 0. The van der Waals surface area contributed by atoms with E-state index in [0.717, 1.165) is 6.29 Å². The number of carbonyl (C=O) groups is 1. The van der Waals surface area contributed by atoms with E-state index in [4.69, 9.17) is 5.41 Å². The fourth-order valence-electron chi connectivity index (χ4n) is 0.148. The molecule has 1 amide bonds. The number of carbonyl (C=O) groups excluding carboxylic acids is 2. The van der Waals surface area contributed by atoms with Gasteiger partial charge in [0.05, 0.1) is 0 Å². The second kappa shape index (κ2) is 2.73. The second-order valence-corrected chi connectivity index (χ2v) is 0.970. The third kappa shape index (κ3) is 2.83. The lowest BCUT2D eigenvalue weighted by atomic mass is 10.7. The molecule has 0 fully saturated rings. The maximum atomic E-state index is 9.87. The van der Waals surface area contributed by atoms with Crippen molar-refractivity contribution in [2.75, 3.05) is 0 Å². The number of hydrogen-bond acceptors (Lipinski definition) is 3. The van der Waals surface area contributed by atoms with Gasteiger partial charge in [-0.05, 0) is 0 Å². The van der Waals surface area contributed by atoms with E-state index >= 15 is 0 Å². The summed E-state index contributed by atoms with van der Waals surface area (Å²) in [5.41, 5.74) is 4.64. The molecular weight excluding hydrogens is 110 g/mol. The third-order valence-corrected chi connectivity index (χ3v) is 0.341. The molecule has 5 heteroatoms. The van der Waals surface area contributed by atoms with Gasteiger partial charge in [0.25, 0.3) is 6.29 Å². The highest BCUT2D eigenvalue weighted by molar-refractivity contribution is 6.27. The molecule has 0 aliphatic carbocycles. The van der Waals surface area contributed by atoms with Crippen molar-refractivity contribution in [3.8, 4) is 0 Å². The van der Waals surface area contributed by atoms with Crippen LogP contribution < -0.4 is 11.1 Å². The van der Waals surface area contributed by atoms with Gasteiger partial charge < -0.3 is 5.73 Å². The summed E-state index contributed by atoms with van der Waals surface area (Å²) in [7, 11) is 0. The van der Waals surface area contributed by atoms with Crippen molar-refractivity contribution < 1.29 is 9.59 Å². The molecule has 0 atom stereocenters. The Balaban J connectivity index is 3.55. The van der Waals surface area contributed by atoms with Crippen LogP contribution in [0.1, 0.15) is 0 Å². The molecule has 1 radical (unpaired) electrons. The van der Waals surface area contributed by atoms with Crippen LogP contribution in [0.2, 0.25) is 0 Å². The van der Waals surface area contributed by atoms with E-state index in [9.17, 15) is 9.59 Å². The van der Waals surface area contributed by atoms with E-state index < -0.39 is 11.9 Å². The van der Waals surface area contributed by atoms with Crippen LogP contribution >= 0.6 is 0 Å². The molecule has 8 heavy (non-hydrogen) atoms. The van der Waals surface area contributed by atoms with Crippen molar-refractivity contribution in [2.24, 2.45) is 5.73 Å². The normalized spacial score (nSPS) is 7.50. The van der Waals surface area contributed by atoms with Crippen LogP contribution in [0.4, 0.5) is 0 Å². The van der Waals surface area contributed by atoms with Crippen LogP contribution in [-0.2, 0) is 9.59 Å². The molecule has 0 heterocycles. The van der Waals surface area contributed by atoms with E-state index in [0.29, 0.717) is 0 Å². The summed E-state index contributed by atoms with van der Waals surface area (Å²) in [6.07, 6.45) is 0.975. The zero-order valence-corrected chi connectivity index (χ0v) is 3.89. The Bertz CT molecular complexity index is 130. The fraction of sp³-hybridized carbons (Fsp3) is 0. The average molecular weight is 114 g/mol. The zero-order chi connectivity index (χ0) is 6.57. The molecule has 0 bridgehead atoms. The molecule has 0 saturated carbocycles. The summed E-state index contributed by atoms with van der Waals surface area (Å²) >= 11 is 0. The lowest BCUT2D eigenvalue weighted by Gasteiger charge is -1.90. The highest BCUT2D eigenvalue weighted by atomic mass is 16.2. The maximum Gasteiger partial charge on any atom is 0.302 e. The molecule has 0 aromatic heterocycles. The van der Waals surface area contributed by atoms with Crippen LogP contribution in [0.15, 0.2) is 0 Å². The maximum absolute atomic E-state index is 9.87. The smallest absolute Gasteiger partial charge is 0.302 e. The minimum atomic E-state index is -1.03. The van der Waals surface area contributed by atoms with Crippen molar-refractivity contribution in [3.63, 3.8) is 0 Å². The first kappa shape index (κ1) is 6.61. The van der Waals surface area contributed by atoms with Gasteiger partial charge >= 0.3 is 5.91 Å². The number of rotatable bonds is 1. The van der Waals surface area contributed by atoms with Gasteiger partial charge in [-0.15, -0.1) is 0 Å². The highest BCUT2D eigenvalue weighted by Gasteiger charge is 1.96. The van der Waals surface area contributed by atoms with Gasteiger partial charge in [0, 0.05) is 0 Å². The molecule has 0 saturated heterocycles. The summed E-state index contributed by atoms with van der Waals surface area (Å²) in [5.74, 6) is -1.59. The molecular formula is C3H4N3O2. The number of nitrogens with one attached hydrogen (secondary N) is 2. The first-order valence-electron chi connectivity index (χ1n) is 1.70. The van der Waals surface area contributed by atoms with Crippen LogP contribution in [0.25, 0.3) is 0 Å². The van der Waals surface area contributed by atoms with Crippen LogP contribution in [0.5, 0.6) is 0 Å². The van der Waals surface area contributed by atoms with Gasteiger partial charge in [0.2, 0.25) is 0 Å². The van der Waals surface area contributed by atoms with Crippen molar-refractivity contribution in [1.82, 2.24) is 5.32 Å². The predicted octanol–water partition coefficient (Wildman–Crippen LogP) is -1.89. The Morgan fingerprint density at radius 1 is 1.75 bits per heavy atom. The van der Waals surface area contributed by atoms with Gasteiger partial charge in [0.1, 0.15) is 0 Å². The topological polar surface area (TPSA) is 96.0 Å². The predicted molar refractivity (Wildman–Crippen MR) is 25.8 cm³/mol. The Hall–Kier alpha value is -1.39. The molecule has 0 aliphatic rings. The van der Waals surface area contributed by atoms with E-state index in [2.05, 4.69) is 5.73 Å². The summed E-state index contributed by atoms with van der Waals surface area (Å²) in [4.78, 5) is 19.2. The number of guanidine groups is 1. The largest absolute Gasteiger partial charge is 0.370 e. The van der Waals surface area contributed by atoms with E-state index in [1.807, 2.05) is 0 Å². The number of hydrogen-bond donors (Lipinski definition) is 3. The lowest BCUT2D eigenvalue weighted by Crippen LogP contribution is -2.36. The SMILES string of the molecule is N=C(N)NC(=O)[C]=O. The van der Waals surface area contributed by atoms with Crippen LogP contribution in [0, 0.1) is 5.41 Å². The molecule has 0 aliphatic heterocycles. The molecule has 0 unspecified atom stereocenters. The number of amides is 1. The fourth-order valence-corrected chi connectivity index (χ4v) is 0.148. The van der Waals surface area contributed by atoms with Crippen molar-refractivity contribution in [2.45, 2.75) is 0 Å². The van der Waals surface area contributed by atoms with E-state index in [-0.39, 0.29) is 0 Å². The average Bonchev–Trinajstić information content (AvgIpc) is 1.65. The van der Waals surface area contributed by atoms with Crippen molar-refractivity contribution in [1.29, 1.82) is 5.41 Å². The molecule has 4 N–H and O–H groups in total. The van der Waals surface area contributed by atoms with Gasteiger partial charge in [-0.2, -0.15) is 0 Å². The first-order valence-corrected chi connectivity index (χ1v) is 1.70. The molecule has 5 nitrogen and oxygen atoms in total. The lowest BCUT2D eigenvalue weighted by molar-refractivity contribution is -0.113. The van der Waals surface area contributed by atoms with Gasteiger partial charge in [-0.1, -0.05) is 0 Å². The Morgan fingerprint density at radius 3 is 2.38 bits per heavy atom. The Morgan fingerprint density at radius 2 is 2.25 bits per heavy atom. The Labute approximate surface area is 45.4 Å². The highest BCUT2D eigenvalue weighted by Crippen LogP contribution is 1.51. The summed E-state index contributed by atoms with van der Waals surface area (Å²) in [6, 6.07) is 0. The van der Waals surface area contributed by atoms with Crippen LogP contribution in [-0.4, -0.2) is 18.2 Å². The van der Waals surface area contributed by atoms with Gasteiger partial charge in [-0.3, -0.25) is 20.3 Å². The molecule has 0 aromatic carbocycles. The Kier molecular flexibility index (Phi) is 2.25. The minimum absolute atomic E-state index is 0.557. The minimum Gasteiger partial charge on any atom is -0.370 e. The van der Waals surface area contributed by atoms with Crippen molar-refractivity contribution in [3.05, 3.63) is 0 Å². The quantitative estimate of drug-likeness (QED) is 0.211. The van der Waals surface area contributed by atoms with Crippen LogP contribution in [0.3, 0.4) is 0 Å². The molecule has 0 spiro atoms. The summed E-state index contributed by atoms with van der Waals surface area (Å²) < 4.78 is 0. The zero-order valence-electron chi connectivity index (χ0n) is 3.89. The second-order valence-electron chi connectivity index (χ2n) is 0.970. The first-order chi connectivity index (χ1) is 3.66. The molecule has 43 valence electrons. The number of nitrogens with two attached hydrogens (primary N) is 1. The van der Waals surface area contributed by atoms with E-state index in [1.54, 1.807) is 5.32 Å². The molecule has 0 rings (SSSR count).